The molecule has 6 heterocycles. The molecular weight excluding hydrogens is 520 g/mol. The molecule has 41 heavy (non-hydrogen) atoms. The number of amides is 1. The summed E-state index contributed by atoms with van der Waals surface area (Å²) in [5.41, 5.74) is 11.2. The number of carbonyl (C=O) groups is 1. The standard InChI is InChI=1S/C30H30N8O3/c31-28-27-22(17-24(37(27)34-18-33-28)20-11-15-41-16-12-20)19-7-9-21(10-8-19)35-29(39)26-23-5-2-4-14-36(23)38(30(26)40)25-6-1-3-13-32-25/h1,3,6-10,13,17-18,20H,2,4-5,11-12,14-16H2,(H,35,39)(H2,31,33,34). The summed E-state index contributed by atoms with van der Waals surface area (Å²) >= 11 is 0. The van der Waals surface area contributed by atoms with Gasteiger partial charge in [-0.2, -0.15) is 9.78 Å². The fraction of sp³-hybridized carbons (Fsp3) is 0.300. The highest BCUT2D eigenvalue weighted by Crippen LogP contribution is 2.36. The SMILES string of the molecule is Nc1ncnn2c(C3CCOCC3)cc(-c3ccc(NC(=O)c4c5n(n(-c6ccccn6)c4=O)CCCC5)cc3)c12. The normalized spacial score (nSPS) is 15.6. The van der Waals surface area contributed by atoms with Crippen LogP contribution in [0.25, 0.3) is 22.5 Å². The van der Waals surface area contributed by atoms with Crippen molar-refractivity contribution in [3.8, 4) is 16.9 Å². The lowest BCUT2D eigenvalue weighted by molar-refractivity contribution is 0.0841. The van der Waals surface area contributed by atoms with Crippen LogP contribution < -0.4 is 16.6 Å². The van der Waals surface area contributed by atoms with E-state index in [1.165, 1.54) is 11.0 Å². The van der Waals surface area contributed by atoms with Crippen LogP contribution in [0.3, 0.4) is 0 Å². The molecule has 3 N–H and O–H groups in total. The lowest BCUT2D eigenvalue weighted by atomic mass is 9.96. The van der Waals surface area contributed by atoms with Crippen molar-refractivity contribution in [2.75, 3.05) is 24.3 Å². The number of nitrogens with zero attached hydrogens (tertiary/aromatic N) is 6. The first-order valence-corrected chi connectivity index (χ1v) is 14.0. The molecule has 7 rings (SSSR count). The smallest absolute Gasteiger partial charge is 0.285 e. The highest BCUT2D eigenvalue weighted by molar-refractivity contribution is 6.05. The first-order chi connectivity index (χ1) is 20.1. The van der Waals surface area contributed by atoms with E-state index >= 15 is 0 Å². The van der Waals surface area contributed by atoms with E-state index in [1.54, 1.807) is 18.3 Å². The number of carbonyl (C=O) groups excluding carboxylic acids is 1. The molecule has 2 aliphatic rings. The molecule has 1 saturated heterocycles. The fourth-order valence-corrected chi connectivity index (χ4v) is 6.09. The van der Waals surface area contributed by atoms with Crippen LogP contribution in [0, 0.1) is 0 Å². The van der Waals surface area contributed by atoms with Crippen LogP contribution in [-0.4, -0.2) is 48.1 Å². The van der Waals surface area contributed by atoms with Gasteiger partial charge in [-0.3, -0.25) is 14.3 Å². The molecule has 0 radical (unpaired) electrons. The van der Waals surface area contributed by atoms with E-state index < -0.39 is 5.91 Å². The monoisotopic (exact) mass is 550 g/mol. The van der Waals surface area contributed by atoms with E-state index in [-0.39, 0.29) is 11.1 Å². The van der Waals surface area contributed by atoms with Crippen LogP contribution in [0.4, 0.5) is 11.5 Å². The van der Waals surface area contributed by atoms with Gasteiger partial charge >= 0.3 is 0 Å². The van der Waals surface area contributed by atoms with E-state index in [0.717, 1.165) is 66.9 Å². The number of nitrogen functional groups attached to an aromatic ring is 1. The van der Waals surface area contributed by atoms with Gasteiger partial charge in [0.1, 0.15) is 17.4 Å². The van der Waals surface area contributed by atoms with Gasteiger partial charge < -0.3 is 15.8 Å². The first kappa shape index (κ1) is 25.2. The van der Waals surface area contributed by atoms with E-state index in [0.29, 0.717) is 36.2 Å². The summed E-state index contributed by atoms with van der Waals surface area (Å²) in [4.78, 5) is 35.6. The van der Waals surface area contributed by atoms with Gasteiger partial charge in [-0.25, -0.2) is 14.5 Å². The van der Waals surface area contributed by atoms with Crippen LogP contribution >= 0.6 is 0 Å². The molecule has 0 aliphatic carbocycles. The maximum atomic E-state index is 13.5. The number of aromatic nitrogens is 6. The number of benzene rings is 1. The summed E-state index contributed by atoms with van der Waals surface area (Å²) in [6, 6.07) is 15.1. The number of ether oxygens (including phenoxy) is 1. The minimum absolute atomic E-state index is 0.170. The molecule has 1 aromatic carbocycles. The Morgan fingerprint density at radius 3 is 2.66 bits per heavy atom. The predicted molar refractivity (Wildman–Crippen MR) is 154 cm³/mol. The zero-order chi connectivity index (χ0) is 27.9. The molecule has 2 aliphatic heterocycles. The number of rotatable bonds is 5. The van der Waals surface area contributed by atoms with Crippen LogP contribution in [0.5, 0.6) is 0 Å². The van der Waals surface area contributed by atoms with E-state index in [1.807, 2.05) is 39.5 Å². The minimum atomic E-state index is -0.420. The van der Waals surface area contributed by atoms with E-state index in [9.17, 15) is 9.59 Å². The van der Waals surface area contributed by atoms with Crippen molar-refractivity contribution in [1.29, 1.82) is 0 Å². The van der Waals surface area contributed by atoms with Crippen LogP contribution in [-0.2, 0) is 17.7 Å². The summed E-state index contributed by atoms with van der Waals surface area (Å²) in [7, 11) is 0. The first-order valence-electron chi connectivity index (χ1n) is 14.0. The quantitative estimate of drug-likeness (QED) is 0.340. The second-order valence-corrected chi connectivity index (χ2v) is 10.5. The fourth-order valence-electron chi connectivity index (χ4n) is 6.09. The van der Waals surface area contributed by atoms with Crippen molar-refractivity contribution >= 4 is 22.9 Å². The Hall–Kier alpha value is -4.77. The van der Waals surface area contributed by atoms with Gasteiger partial charge in [0.15, 0.2) is 11.6 Å². The molecule has 0 spiro atoms. The molecule has 0 bridgehead atoms. The molecular formula is C30H30N8O3. The maximum absolute atomic E-state index is 13.5. The number of pyridine rings is 1. The van der Waals surface area contributed by atoms with E-state index in [2.05, 4.69) is 26.4 Å². The zero-order valence-corrected chi connectivity index (χ0v) is 22.5. The Bertz CT molecular complexity index is 1800. The minimum Gasteiger partial charge on any atom is -0.382 e. The highest BCUT2D eigenvalue weighted by Gasteiger charge is 2.28. The predicted octanol–water partition coefficient (Wildman–Crippen LogP) is 3.81. The molecule has 0 atom stereocenters. The van der Waals surface area contributed by atoms with Crippen molar-refractivity contribution in [3.63, 3.8) is 0 Å². The van der Waals surface area contributed by atoms with Gasteiger partial charge in [-0.05, 0) is 68.0 Å². The lowest BCUT2D eigenvalue weighted by Gasteiger charge is -2.21. The van der Waals surface area contributed by atoms with Crippen LogP contribution in [0.1, 0.15) is 53.3 Å². The van der Waals surface area contributed by atoms with Crippen LogP contribution in [0.15, 0.2) is 65.8 Å². The molecule has 11 heteroatoms. The van der Waals surface area contributed by atoms with Gasteiger partial charge in [0.2, 0.25) is 0 Å². The van der Waals surface area contributed by atoms with Gasteiger partial charge in [0.25, 0.3) is 11.5 Å². The summed E-state index contributed by atoms with van der Waals surface area (Å²) < 4.78 is 10.9. The van der Waals surface area contributed by atoms with Crippen molar-refractivity contribution in [2.45, 2.75) is 44.6 Å². The van der Waals surface area contributed by atoms with Crippen molar-refractivity contribution < 1.29 is 9.53 Å². The van der Waals surface area contributed by atoms with Crippen molar-refractivity contribution in [2.24, 2.45) is 0 Å². The van der Waals surface area contributed by atoms with Crippen molar-refractivity contribution in [1.82, 2.24) is 28.9 Å². The third-order valence-electron chi connectivity index (χ3n) is 8.08. The Balaban J connectivity index is 1.20. The molecule has 1 fully saturated rings. The second-order valence-electron chi connectivity index (χ2n) is 10.5. The molecule has 1 amide bonds. The van der Waals surface area contributed by atoms with Gasteiger partial charge in [0, 0.05) is 48.8 Å². The molecule has 11 nitrogen and oxygen atoms in total. The molecule has 4 aromatic heterocycles. The zero-order valence-electron chi connectivity index (χ0n) is 22.5. The Kier molecular flexibility index (Phi) is 6.35. The molecule has 208 valence electrons. The van der Waals surface area contributed by atoms with Gasteiger partial charge in [0.05, 0.1) is 5.69 Å². The van der Waals surface area contributed by atoms with Crippen molar-refractivity contribution in [3.05, 3.63) is 88.4 Å². The maximum Gasteiger partial charge on any atom is 0.285 e. The number of fused-ring (bicyclic) bond motifs is 2. The summed E-state index contributed by atoms with van der Waals surface area (Å²) in [6.07, 6.45) is 7.50. The number of hydrogen-bond acceptors (Lipinski definition) is 7. The number of hydrogen-bond donors (Lipinski definition) is 2. The second kappa shape index (κ2) is 10.3. The molecule has 0 unspecified atom stereocenters. The van der Waals surface area contributed by atoms with Crippen LogP contribution in [0.2, 0.25) is 0 Å². The third-order valence-corrected chi connectivity index (χ3v) is 8.08. The summed E-state index contributed by atoms with van der Waals surface area (Å²) in [5.74, 6) is 0.818. The average Bonchev–Trinajstić information content (AvgIpc) is 3.54. The highest BCUT2D eigenvalue weighted by atomic mass is 16.5. The average molecular weight is 551 g/mol. The third kappa shape index (κ3) is 4.38. The number of nitrogens with two attached hydrogens (primary N) is 1. The molecule has 5 aromatic rings. The molecule has 0 saturated carbocycles. The number of anilines is 2. The Morgan fingerprint density at radius 2 is 1.88 bits per heavy atom. The van der Waals surface area contributed by atoms with E-state index in [4.69, 9.17) is 10.5 Å². The summed E-state index contributed by atoms with van der Waals surface area (Å²) in [5, 5.41) is 7.45. The van der Waals surface area contributed by atoms with Gasteiger partial charge in [-0.1, -0.05) is 18.2 Å². The number of nitrogens with one attached hydrogen (secondary N) is 1. The largest absolute Gasteiger partial charge is 0.382 e. The Morgan fingerprint density at radius 1 is 1.05 bits per heavy atom. The summed E-state index contributed by atoms with van der Waals surface area (Å²) in [6.45, 7) is 2.11. The Labute approximate surface area is 235 Å². The topological polar surface area (TPSA) is 134 Å². The van der Waals surface area contributed by atoms with Gasteiger partial charge in [-0.15, -0.1) is 0 Å². The lowest BCUT2D eigenvalue weighted by Crippen LogP contribution is -2.26.